The monoisotopic (exact) mass is 278 g/mol. The van der Waals surface area contributed by atoms with E-state index in [2.05, 4.69) is 0 Å². The first-order valence-electron chi connectivity index (χ1n) is 5.42. The quantitative estimate of drug-likeness (QED) is 0.826. The van der Waals surface area contributed by atoms with Crippen molar-refractivity contribution in [3.63, 3.8) is 0 Å². The van der Waals surface area contributed by atoms with Crippen LogP contribution in [0.25, 0.3) is 0 Å². The number of phenols is 1. The minimum absolute atomic E-state index is 0.154. The highest BCUT2D eigenvalue weighted by atomic mass is 32.2. The molecule has 0 aliphatic carbocycles. The maximum Gasteiger partial charge on any atom is 0.170 e. The van der Waals surface area contributed by atoms with Crippen LogP contribution in [0.3, 0.4) is 0 Å². The molecule has 0 radical (unpaired) electrons. The number of hydrogen-bond acceptors (Lipinski definition) is 4. The van der Waals surface area contributed by atoms with Gasteiger partial charge in [0.15, 0.2) is 11.5 Å². The van der Waals surface area contributed by atoms with Gasteiger partial charge in [-0.2, -0.15) is 0 Å². The van der Waals surface area contributed by atoms with Crippen molar-refractivity contribution < 1.29 is 9.84 Å². The standard InChI is InChI=1S/C14H14O2S2/c1-17-11-5-3-10(4-6-11)16-14-9-12(18-2)7-8-13(14)15/h3-9,15H,1-2H3. The maximum absolute atomic E-state index is 9.75. The second-order valence-electron chi connectivity index (χ2n) is 3.61. The molecule has 2 rings (SSSR count). The van der Waals surface area contributed by atoms with Crippen molar-refractivity contribution in [3.8, 4) is 17.2 Å². The van der Waals surface area contributed by atoms with Gasteiger partial charge in [-0.25, -0.2) is 0 Å². The Labute approximate surface area is 115 Å². The second-order valence-corrected chi connectivity index (χ2v) is 5.37. The fourth-order valence-corrected chi connectivity index (χ4v) is 2.31. The van der Waals surface area contributed by atoms with E-state index in [9.17, 15) is 5.11 Å². The zero-order valence-corrected chi connectivity index (χ0v) is 11.8. The minimum atomic E-state index is 0.154. The summed E-state index contributed by atoms with van der Waals surface area (Å²) in [6, 6.07) is 13.1. The summed E-state index contributed by atoms with van der Waals surface area (Å²) in [7, 11) is 0. The molecule has 2 nitrogen and oxygen atoms in total. The summed E-state index contributed by atoms with van der Waals surface area (Å²) in [6.07, 6.45) is 4.02. The zero-order valence-electron chi connectivity index (χ0n) is 10.2. The van der Waals surface area contributed by atoms with Crippen LogP contribution in [-0.2, 0) is 0 Å². The number of phenolic OH excluding ortho intramolecular Hbond substituents is 1. The van der Waals surface area contributed by atoms with Gasteiger partial charge in [-0.15, -0.1) is 23.5 Å². The maximum atomic E-state index is 9.75. The average molecular weight is 278 g/mol. The first-order valence-corrected chi connectivity index (χ1v) is 7.87. The van der Waals surface area contributed by atoms with Gasteiger partial charge >= 0.3 is 0 Å². The molecule has 18 heavy (non-hydrogen) atoms. The van der Waals surface area contributed by atoms with Gasteiger partial charge in [0.05, 0.1) is 0 Å². The summed E-state index contributed by atoms with van der Waals surface area (Å²) in [6.45, 7) is 0. The van der Waals surface area contributed by atoms with Gasteiger partial charge in [-0.3, -0.25) is 0 Å². The number of hydrogen-bond donors (Lipinski definition) is 1. The van der Waals surface area contributed by atoms with Crippen LogP contribution >= 0.6 is 23.5 Å². The summed E-state index contributed by atoms with van der Waals surface area (Å²) in [5, 5.41) is 9.75. The molecule has 0 unspecified atom stereocenters. The number of benzene rings is 2. The third-order valence-electron chi connectivity index (χ3n) is 2.45. The molecular weight excluding hydrogens is 264 g/mol. The van der Waals surface area contributed by atoms with E-state index in [0.29, 0.717) is 5.75 Å². The molecule has 0 bridgehead atoms. The van der Waals surface area contributed by atoms with Crippen LogP contribution in [0.2, 0.25) is 0 Å². The molecule has 0 aliphatic rings. The largest absolute Gasteiger partial charge is 0.504 e. The van der Waals surface area contributed by atoms with E-state index in [4.69, 9.17) is 4.74 Å². The lowest BCUT2D eigenvalue weighted by molar-refractivity contribution is 0.410. The summed E-state index contributed by atoms with van der Waals surface area (Å²) < 4.78 is 5.68. The highest BCUT2D eigenvalue weighted by Crippen LogP contribution is 2.34. The SMILES string of the molecule is CSc1ccc(Oc2cc(SC)ccc2O)cc1. The van der Waals surface area contributed by atoms with Crippen molar-refractivity contribution in [1.29, 1.82) is 0 Å². The van der Waals surface area contributed by atoms with Crippen LogP contribution < -0.4 is 4.74 Å². The molecular formula is C14H14O2S2. The number of ether oxygens (including phenoxy) is 1. The summed E-state index contributed by atoms with van der Waals surface area (Å²) in [4.78, 5) is 2.24. The Hall–Kier alpha value is -1.26. The number of aromatic hydroxyl groups is 1. The summed E-state index contributed by atoms with van der Waals surface area (Å²) in [5.74, 6) is 1.36. The fraction of sp³-hybridized carbons (Fsp3) is 0.143. The molecule has 2 aromatic carbocycles. The van der Waals surface area contributed by atoms with Gasteiger partial charge < -0.3 is 9.84 Å². The lowest BCUT2D eigenvalue weighted by atomic mass is 10.3. The summed E-state index contributed by atoms with van der Waals surface area (Å²) in [5.41, 5.74) is 0. The van der Waals surface area contributed by atoms with Crippen molar-refractivity contribution >= 4 is 23.5 Å². The summed E-state index contributed by atoms with van der Waals surface area (Å²) >= 11 is 3.30. The van der Waals surface area contributed by atoms with Gasteiger partial charge in [-0.1, -0.05) is 0 Å². The molecule has 0 saturated heterocycles. The molecule has 0 fully saturated rings. The molecule has 0 atom stereocenters. The third kappa shape index (κ3) is 3.15. The molecule has 0 aliphatic heterocycles. The fourth-order valence-electron chi connectivity index (χ4n) is 1.47. The molecule has 94 valence electrons. The first kappa shape index (κ1) is 13.2. The van der Waals surface area contributed by atoms with E-state index < -0.39 is 0 Å². The van der Waals surface area contributed by atoms with E-state index in [-0.39, 0.29) is 5.75 Å². The van der Waals surface area contributed by atoms with E-state index in [1.807, 2.05) is 48.9 Å². The normalized spacial score (nSPS) is 10.3. The lowest BCUT2D eigenvalue weighted by Gasteiger charge is -2.09. The van der Waals surface area contributed by atoms with Gasteiger partial charge in [-0.05, 0) is 55.0 Å². The lowest BCUT2D eigenvalue weighted by Crippen LogP contribution is -1.85. The third-order valence-corrected chi connectivity index (χ3v) is 3.92. The van der Waals surface area contributed by atoms with Gasteiger partial charge in [0.25, 0.3) is 0 Å². The van der Waals surface area contributed by atoms with E-state index in [1.54, 1.807) is 29.6 Å². The van der Waals surface area contributed by atoms with E-state index in [0.717, 1.165) is 10.6 Å². The number of thioether (sulfide) groups is 2. The highest BCUT2D eigenvalue weighted by molar-refractivity contribution is 7.98. The van der Waals surface area contributed by atoms with Crippen LogP contribution in [0.5, 0.6) is 17.2 Å². The second kappa shape index (κ2) is 6.07. The Morgan fingerprint density at radius 2 is 1.50 bits per heavy atom. The van der Waals surface area contributed by atoms with E-state index >= 15 is 0 Å². The molecule has 0 aromatic heterocycles. The van der Waals surface area contributed by atoms with Crippen molar-refractivity contribution in [2.45, 2.75) is 9.79 Å². The average Bonchev–Trinajstić information content (AvgIpc) is 2.42. The Morgan fingerprint density at radius 1 is 0.889 bits per heavy atom. The van der Waals surface area contributed by atoms with Crippen LogP contribution in [-0.4, -0.2) is 17.6 Å². The van der Waals surface area contributed by atoms with Crippen molar-refractivity contribution in [3.05, 3.63) is 42.5 Å². The Bertz CT molecular complexity index is 524. The predicted molar refractivity (Wildman–Crippen MR) is 78.2 cm³/mol. The van der Waals surface area contributed by atoms with Gasteiger partial charge in [0.2, 0.25) is 0 Å². The van der Waals surface area contributed by atoms with Crippen LogP contribution in [0.1, 0.15) is 0 Å². The Kier molecular flexibility index (Phi) is 4.44. The van der Waals surface area contributed by atoms with Crippen molar-refractivity contribution in [2.24, 2.45) is 0 Å². The van der Waals surface area contributed by atoms with E-state index in [1.165, 1.54) is 4.90 Å². The molecule has 0 amide bonds. The molecule has 0 heterocycles. The molecule has 4 heteroatoms. The van der Waals surface area contributed by atoms with Gasteiger partial charge in [0.1, 0.15) is 5.75 Å². The van der Waals surface area contributed by atoms with Gasteiger partial charge in [0, 0.05) is 9.79 Å². The van der Waals surface area contributed by atoms with Crippen LogP contribution in [0.4, 0.5) is 0 Å². The molecule has 0 saturated carbocycles. The molecule has 0 spiro atoms. The first-order chi connectivity index (χ1) is 8.72. The van der Waals surface area contributed by atoms with Crippen LogP contribution in [0, 0.1) is 0 Å². The zero-order chi connectivity index (χ0) is 13.0. The predicted octanol–water partition coefficient (Wildman–Crippen LogP) is 4.63. The van der Waals surface area contributed by atoms with Crippen LogP contribution in [0.15, 0.2) is 52.3 Å². The Morgan fingerprint density at radius 3 is 2.11 bits per heavy atom. The smallest absolute Gasteiger partial charge is 0.170 e. The topological polar surface area (TPSA) is 29.5 Å². The molecule has 2 aromatic rings. The molecule has 1 N–H and O–H groups in total. The number of rotatable bonds is 4. The Balaban J connectivity index is 2.21. The minimum Gasteiger partial charge on any atom is -0.504 e. The van der Waals surface area contributed by atoms with Crippen molar-refractivity contribution in [1.82, 2.24) is 0 Å². The van der Waals surface area contributed by atoms with Crippen molar-refractivity contribution in [2.75, 3.05) is 12.5 Å². The highest BCUT2D eigenvalue weighted by Gasteiger charge is 2.05.